The molecule has 0 saturated carbocycles. The third-order valence-electron chi connectivity index (χ3n) is 3.33. The Kier molecular flexibility index (Phi) is 4.27. The highest BCUT2D eigenvalue weighted by atomic mass is 35.5. The lowest BCUT2D eigenvalue weighted by molar-refractivity contribution is 0.321. The van der Waals surface area contributed by atoms with Crippen molar-refractivity contribution in [2.75, 3.05) is 0 Å². The first kappa shape index (κ1) is 16.8. The molecule has 0 spiro atoms. The van der Waals surface area contributed by atoms with Crippen LogP contribution in [0.3, 0.4) is 0 Å². The number of aromatic nitrogens is 4. The van der Waals surface area contributed by atoms with Crippen LogP contribution in [0.2, 0.25) is 5.02 Å². The van der Waals surface area contributed by atoms with Gasteiger partial charge in [-0.3, -0.25) is 0 Å². The first-order valence-electron chi connectivity index (χ1n) is 7.12. The van der Waals surface area contributed by atoms with E-state index in [0.29, 0.717) is 16.3 Å². The van der Waals surface area contributed by atoms with E-state index in [1.165, 1.54) is 23.9 Å². The van der Waals surface area contributed by atoms with Crippen molar-refractivity contribution < 1.29 is 9.52 Å². The zero-order valence-corrected chi connectivity index (χ0v) is 14.9. The number of rotatable bonds is 3. The number of thioether (sulfide) groups is 1. The predicted octanol–water partition coefficient (Wildman–Crippen LogP) is 3.19. The zero-order chi connectivity index (χ0) is 17.5. The van der Waals surface area contributed by atoms with E-state index in [2.05, 4.69) is 15.5 Å². The Morgan fingerprint density at radius 2 is 2.08 bits per heavy atom. The molecule has 0 fully saturated rings. The van der Waals surface area contributed by atoms with E-state index in [-0.39, 0.29) is 21.9 Å². The first-order valence-corrected chi connectivity index (χ1v) is 8.49. The Morgan fingerprint density at radius 1 is 1.33 bits per heavy atom. The minimum Gasteiger partial charge on any atom is -0.506 e. The summed E-state index contributed by atoms with van der Waals surface area (Å²) < 4.78 is 6.85. The number of tetrazole rings is 1. The molecule has 2 aromatic heterocycles. The highest BCUT2D eigenvalue weighted by Gasteiger charge is 2.20. The largest absolute Gasteiger partial charge is 0.506 e. The summed E-state index contributed by atoms with van der Waals surface area (Å²) in [5.74, 6) is 0.327. The molecule has 126 valence electrons. The van der Waals surface area contributed by atoms with Gasteiger partial charge in [0.1, 0.15) is 11.3 Å². The molecule has 0 radical (unpaired) electrons. The second-order valence-corrected chi connectivity index (χ2v) is 7.57. The quantitative estimate of drug-likeness (QED) is 0.561. The van der Waals surface area contributed by atoms with Gasteiger partial charge in [0.2, 0.25) is 5.16 Å². The summed E-state index contributed by atoms with van der Waals surface area (Å²) in [7, 11) is 0. The van der Waals surface area contributed by atoms with Gasteiger partial charge in [0, 0.05) is 23.3 Å². The Balaban J connectivity index is 1.98. The maximum absolute atomic E-state index is 11.8. The SMILES string of the molecule is CC(C)(C)n1nnnc1SCc1cc(=O)oc2cc(O)c(Cl)cc12. The van der Waals surface area contributed by atoms with Crippen LogP contribution in [0, 0.1) is 0 Å². The number of halogens is 1. The van der Waals surface area contributed by atoms with Gasteiger partial charge in [-0.2, -0.15) is 0 Å². The lowest BCUT2D eigenvalue weighted by Gasteiger charge is -2.19. The third kappa shape index (κ3) is 3.25. The van der Waals surface area contributed by atoms with Crippen LogP contribution >= 0.6 is 23.4 Å². The standard InChI is InChI=1S/C15H15ClN4O3S/c1-15(2,3)20-14(17-18-19-20)24-7-8-4-13(22)23-12-6-11(21)10(16)5-9(8)12/h4-6,21H,7H2,1-3H3. The van der Waals surface area contributed by atoms with Gasteiger partial charge in [-0.25, -0.2) is 9.48 Å². The van der Waals surface area contributed by atoms with E-state index in [9.17, 15) is 9.90 Å². The summed E-state index contributed by atoms with van der Waals surface area (Å²) in [6.07, 6.45) is 0. The lowest BCUT2D eigenvalue weighted by Crippen LogP contribution is -2.24. The molecule has 1 aromatic carbocycles. The van der Waals surface area contributed by atoms with Gasteiger partial charge in [0.15, 0.2) is 0 Å². The molecule has 0 unspecified atom stereocenters. The van der Waals surface area contributed by atoms with Crippen molar-refractivity contribution in [3.8, 4) is 5.75 Å². The van der Waals surface area contributed by atoms with Gasteiger partial charge in [0.05, 0.1) is 10.6 Å². The summed E-state index contributed by atoms with van der Waals surface area (Å²) in [6.45, 7) is 6.01. The van der Waals surface area contributed by atoms with Crippen LogP contribution in [-0.2, 0) is 11.3 Å². The van der Waals surface area contributed by atoms with Gasteiger partial charge in [-0.05, 0) is 42.8 Å². The fourth-order valence-corrected chi connectivity index (χ4v) is 3.40. The number of hydrogen-bond acceptors (Lipinski definition) is 7. The van der Waals surface area contributed by atoms with Gasteiger partial charge in [0.25, 0.3) is 0 Å². The van der Waals surface area contributed by atoms with Crippen LogP contribution in [0.25, 0.3) is 11.0 Å². The van der Waals surface area contributed by atoms with E-state index in [1.54, 1.807) is 10.7 Å². The second-order valence-electron chi connectivity index (χ2n) is 6.22. The van der Waals surface area contributed by atoms with Crippen molar-refractivity contribution in [2.45, 2.75) is 37.2 Å². The molecule has 0 aliphatic heterocycles. The first-order chi connectivity index (χ1) is 11.3. The average Bonchev–Trinajstić information content (AvgIpc) is 2.95. The number of fused-ring (bicyclic) bond motifs is 1. The average molecular weight is 367 g/mol. The van der Waals surface area contributed by atoms with Crippen molar-refractivity contribution in [2.24, 2.45) is 0 Å². The van der Waals surface area contributed by atoms with Crippen LogP contribution in [0.15, 0.2) is 32.6 Å². The van der Waals surface area contributed by atoms with Crippen LogP contribution in [0.4, 0.5) is 0 Å². The maximum atomic E-state index is 11.8. The minimum absolute atomic E-state index is 0.131. The Bertz CT molecular complexity index is 961. The number of phenols is 1. The molecule has 0 atom stereocenters. The van der Waals surface area contributed by atoms with Crippen LogP contribution in [-0.4, -0.2) is 25.3 Å². The summed E-state index contributed by atoms with van der Waals surface area (Å²) in [4.78, 5) is 11.8. The second kappa shape index (κ2) is 6.10. The van der Waals surface area contributed by atoms with Gasteiger partial charge in [-0.1, -0.05) is 23.4 Å². The van der Waals surface area contributed by atoms with E-state index in [4.69, 9.17) is 16.0 Å². The number of phenolic OH excluding ortho intramolecular Hbond substituents is 1. The molecule has 24 heavy (non-hydrogen) atoms. The van der Waals surface area contributed by atoms with Crippen molar-refractivity contribution in [3.05, 3.63) is 39.2 Å². The van der Waals surface area contributed by atoms with Crippen molar-refractivity contribution >= 4 is 34.3 Å². The van der Waals surface area contributed by atoms with E-state index in [0.717, 1.165) is 5.56 Å². The summed E-state index contributed by atoms with van der Waals surface area (Å²) in [5.41, 5.74) is 0.279. The molecule has 0 bridgehead atoms. The number of aromatic hydroxyl groups is 1. The fraction of sp³-hybridized carbons (Fsp3) is 0.333. The molecular formula is C15H15ClN4O3S. The molecule has 2 heterocycles. The van der Waals surface area contributed by atoms with Crippen LogP contribution in [0.5, 0.6) is 5.75 Å². The third-order valence-corrected chi connectivity index (χ3v) is 4.60. The number of nitrogens with zero attached hydrogens (tertiary/aromatic N) is 4. The molecule has 0 amide bonds. The Hall–Kier alpha value is -2.06. The fourth-order valence-electron chi connectivity index (χ4n) is 2.19. The minimum atomic E-state index is -0.491. The van der Waals surface area contributed by atoms with Gasteiger partial charge < -0.3 is 9.52 Å². The molecule has 7 nitrogen and oxygen atoms in total. The Labute approximate surface area is 146 Å². The highest BCUT2D eigenvalue weighted by molar-refractivity contribution is 7.98. The molecule has 0 aliphatic rings. The van der Waals surface area contributed by atoms with E-state index >= 15 is 0 Å². The van der Waals surface area contributed by atoms with E-state index < -0.39 is 5.63 Å². The normalized spacial score (nSPS) is 12.0. The summed E-state index contributed by atoms with van der Waals surface area (Å²) in [5, 5.41) is 22.9. The molecule has 9 heteroatoms. The molecular weight excluding hydrogens is 352 g/mol. The Morgan fingerprint density at radius 3 is 2.79 bits per heavy atom. The van der Waals surface area contributed by atoms with Gasteiger partial charge in [-0.15, -0.1) is 5.10 Å². The summed E-state index contributed by atoms with van der Waals surface area (Å²) >= 11 is 7.38. The van der Waals surface area contributed by atoms with Gasteiger partial charge >= 0.3 is 5.63 Å². The number of hydrogen-bond donors (Lipinski definition) is 1. The van der Waals surface area contributed by atoms with Crippen molar-refractivity contribution in [1.29, 1.82) is 0 Å². The molecule has 1 N–H and O–H groups in total. The van der Waals surface area contributed by atoms with Crippen molar-refractivity contribution in [1.82, 2.24) is 20.2 Å². The van der Waals surface area contributed by atoms with Crippen LogP contribution in [0.1, 0.15) is 26.3 Å². The predicted molar refractivity (Wildman–Crippen MR) is 91.5 cm³/mol. The molecule has 0 aliphatic carbocycles. The van der Waals surface area contributed by atoms with E-state index in [1.807, 2.05) is 20.8 Å². The maximum Gasteiger partial charge on any atom is 0.336 e. The highest BCUT2D eigenvalue weighted by Crippen LogP contribution is 2.32. The zero-order valence-electron chi connectivity index (χ0n) is 13.3. The molecule has 3 rings (SSSR count). The lowest BCUT2D eigenvalue weighted by atomic mass is 10.1. The summed E-state index contributed by atoms with van der Waals surface area (Å²) in [6, 6.07) is 4.33. The monoisotopic (exact) mass is 366 g/mol. The number of benzene rings is 1. The smallest absolute Gasteiger partial charge is 0.336 e. The molecule has 3 aromatic rings. The molecule has 0 saturated heterocycles. The van der Waals surface area contributed by atoms with Crippen LogP contribution < -0.4 is 5.63 Å². The van der Waals surface area contributed by atoms with Crippen molar-refractivity contribution in [3.63, 3.8) is 0 Å². The topological polar surface area (TPSA) is 94.0 Å².